The van der Waals surface area contributed by atoms with Crippen LogP contribution in [-0.4, -0.2) is 9.97 Å². The number of aromatic nitrogens is 2. The molecule has 0 amide bonds. The summed E-state index contributed by atoms with van der Waals surface area (Å²) in [5, 5.41) is 3.45. The van der Waals surface area contributed by atoms with Crippen molar-refractivity contribution >= 4 is 11.3 Å². The first-order valence-electron chi connectivity index (χ1n) is 5.30. The van der Waals surface area contributed by atoms with Gasteiger partial charge >= 0.3 is 0 Å². The molecule has 3 nitrogen and oxygen atoms in total. The lowest BCUT2D eigenvalue weighted by Gasteiger charge is -2.11. The molecule has 2 aromatic heterocycles. The molecule has 2 heterocycles. The van der Waals surface area contributed by atoms with E-state index in [2.05, 4.69) is 41.3 Å². The molecule has 1 N–H and O–H groups in total. The van der Waals surface area contributed by atoms with Gasteiger partial charge in [0.05, 0.1) is 5.69 Å². The maximum absolute atomic E-state index is 4.18. The van der Waals surface area contributed by atoms with E-state index in [0.717, 1.165) is 12.2 Å². The molecule has 0 aromatic carbocycles. The lowest BCUT2D eigenvalue weighted by atomic mass is 10.2. The highest BCUT2D eigenvalue weighted by Gasteiger charge is 2.06. The molecule has 84 valence electrons. The zero-order valence-corrected chi connectivity index (χ0v) is 10.3. The van der Waals surface area contributed by atoms with Gasteiger partial charge in [-0.1, -0.05) is 0 Å². The van der Waals surface area contributed by atoms with Crippen molar-refractivity contribution in [2.24, 2.45) is 0 Å². The molecule has 0 aliphatic rings. The highest BCUT2D eigenvalue weighted by Crippen LogP contribution is 2.22. The molecule has 0 saturated heterocycles. The molecule has 0 spiro atoms. The molecule has 2 aromatic rings. The Labute approximate surface area is 99.6 Å². The number of thiophene rings is 1. The second kappa shape index (κ2) is 5.18. The quantitative estimate of drug-likeness (QED) is 0.882. The average Bonchev–Trinajstić information content (AvgIpc) is 2.74. The normalized spacial score (nSPS) is 12.6. The Morgan fingerprint density at radius 3 is 2.88 bits per heavy atom. The van der Waals surface area contributed by atoms with Gasteiger partial charge in [-0.05, 0) is 32.0 Å². The summed E-state index contributed by atoms with van der Waals surface area (Å²) in [5.74, 6) is 0. The standard InChI is InChI=1S/C12H15N3S/c1-9-3-4-12(16-9)10(2)14-7-11-5-6-13-8-15-11/h3-6,8,10,14H,7H2,1-2H3. The van der Waals surface area contributed by atoms with Crippen LogP contribution in [0.1, 0.15) is 28.4 Å². The molecule has 0 aliphatic heterocycles. The average molecular weight is 233 g/mol. The minimum Gasteiger partial charge on any atom is -0.304 e. The van der Waals surface area contributed by atoms with Crippen LogP contribution in [0.2, 0.25) is 0 Å². The minimum absolute atomic E-state index is 0.369. The van der Waals surface area contributed by atoms with E-state index >= 15 is 0 Å². The molecule has 0 saturated carbocycles. The lowest BCUT2D eigenvalue weighted by Crippen LogP contribution is -2.17. The first-order chi connectivity index (χ1) is 7.75. The van der Waals surface area contributed by atoms with Gasteiger partial charge in [0.15, 0.2) is 0 Å². The van der Waals surface area contributed by atoms with Gasteiger partial charge in [0.2, 0.25) is 0 Å². The lowest BCUT2D eigenvalue weighted by molar-refractivity contribution is 0.575. The van der Waals surface area contributed by atoms with Crippen molar-refractivity contribution in [3.8, 4) is 0 Å². The van der Waals surface area contributed by atoms with Crippen LogP contribution in [0.4, 0.5) is 0 Å². The Bertz CT molecular complexity index is 439. The molecule has 0 radical (unpaired) electrons. The molecular formula is C12H15N3S. The van der Waals surface area contributed by atoms with Crippen LogP contribution in [-0.2, 0) is 6.54 Å². The predicted molar refractivity (Wildman–Crippen MR) is 66.3 cm³/mol. The first-order valence-corrected chi connectivity index (χ1v) is 6.12. The van der Waals surface area contributed by atoms with Gasteiger partial charge in [-0.2, -0.15) is 0 Å². The van der Waals surface area contributed by atoms with E-state index < -0.39 is 0 Å². The van der Waals surface area contributed by atoms with Gasteiger partial charge in [-0.3, -0.25) is 0 Å². The molecule has 1 atom stereocenters. The molecule has 0 bridgehead atoms. The Balaban J connectivity index is 1.91. The van der Waals surface area contributed by atoms with E-state index in [1.54, 1.807) is 12.5 Å². The van der Waals surface area contributed by atoms with Crippen LogP contribution in [0.25, 0.3) is 0 Å². The van der Waals surface area contributed by atoms with Crippen molar-refractivity contribution in [2.75, 3.05) is 0 Å². The Morgan fingerprint density at radius 2 is 2.25 bits per heavy atom. The summed E-state index contributed by atoms with van der Waals surface area (Å²) >= 11 is 1.84. The molecule has 16 heavy (non-hydrogen) atoms. The number of rotatable bonds is 4. The Kier molecular flexibility index (Phi) is 3.64. The van der Waals surface area contributed by atoms with Crippen molar-refractivity contribution in [2.45, 2.75) is 26.4 Å². The zero-order chi connectivity index (χ0) is 11.4. The second-order valence-corrected chi connectivity index (χ2v) is 5.07. The van der Waals surface area contributed by atoms with Crippen LogP contribution >= 0.6 is 11.3 Å². The topological polar surface area (TPSA) is 37.8 Å². The monoisotopic (exact) mass is 233 g/mol. The largest absolute Gasteiger partial charge is 0.304 e. The SMILES string of the molecule is Cc1ccc(C(C)NCc2ccncn2)s1. The van der Waals surface area contributed by atoms with Crippen molar-refractivity contribution < 1.29 is 0 Å². The van der Waals surface area contributed by atoms with E-state index in [-0.39, 0.29) is 0 Å². The van der Waals surface area contributed by atoms with Crippen molar-refractivity contribution in [1.82, 2.24) is 15.3 Å². The molecule has 0 aliphatic carbocycles. The van der Waals surface area contributed by atoms with E-state index in [1.165, 1.54) is 9.75 Å². The van der Waals surface area contributed by atoms with E-state index in [4.69, 9.17) is 0 Å². The summed E-state index contributed by atoms with van der Waals surface area (Å²) < 4.78 is 0. The number of nitrogens with zero attached hydrogens (tertiary/aromatic N) is 2. The number of hydrogen-bond donors (Lipinski definition) is 1. The maximum atomic E-state index is 4.18. The van der Waals surface area contributed by atoms with Gasteiger partial charge in [0, 0.05) is 28.5 Å². The smallest absolute Gasteiger partial charge is 0.115 e. The third-order valence-electron chi connectivity index (χ3n) is 2.42. The fraction of sp³-hybridized carbons (Fsp3) is 0.333. The molecular weight excluding hydrogens is 218 g/mol. The van der Waals surface area contributed by atoms with E-state index in [0.29, 0.717) is 6.04 Å². The van der Waals surface area contributed by atoms with Gasteiger partial charge < -0.3 is 5.32 Å². The minimum atomic E-state index is 0.369. The number of aryl methyl sites for hydroxylation is 1. The van der Waals surface area contributed by atoms with Gasteiger partial charge in [-0.15, -0.1) is 11.3 Å². The van der Waals surface area contributed by atoms with E-state index in [9.17, 15) is 0 Å². The highest BCUT2D eigenvalue weighted by molar-refractivity contribution is 7.12. The summed E-state index contributed by atoms with van der Waals surface area (Å²) in [6.45, 7) is 5.08. The molecule has 2 rings (SSSR count). The number of hydrogen-bond acceptors (Lipinski definition) is 4. The Morgan fingerprint density at radius 1 is 1.38 bits per heavy atom. The van der Waals surface area contributed by atoms with Crippen LogP contribution in [0.15, 0.2) is 30.7 Å². The summed E-state index contributed by atoms with van der Waals surface area (Å²) in [7, 11) is 0. The van der Waals surface area contributed by atoms with Gasteiger partial charge in [-0.25, -0.2) is 9.97 Å². The zero-order valence-electron chi connectivity index (χ0n) is 9.47. The van der Waals surface area contributed by atoms with Crippen LogP contribution in [0.3, 0.4) is 0 Å². The highest BCUT2D eigenvalue weighted by atomic mass is 32.1. The summed E-state index contributed by atoms with van der Waals surface area (Å²) in [4.78, 5) is 10.8. The summed E-state index contributed by atoms with van der Waals surface area (Å²) in [6, 6.07) is 6.63. The fourth-order valence-corrected chi connectivity index (χ4v) is 2.37. The van der Waals surface area contributed by atoms with Crippen molar-refractivity contribution in [1.29, 1.82) is 0 Å². The maximum Gasteiger partial charge on any atom is 0.115 e. The van der Waals surface area contributed by atoms with E-state index in [1.807, 2.05) is 17.4 Å². The summed E-state index contributed by atoms with van der Waals surface area (Å²) in [5.41, 5.74) is 1.02. The van der Waals surface area contributed by atoms with Crippen molar-refractivity contribution in [3.63, 3.8) is 0 Å². The third kappa shape index (κ3) is 2.87. The summed E-state index contributed by atoms with van der Waals surface area (Å²) in [6.07, 6.45) is 3.35. The van der Waals surface area contributed by atoms with Crippen LogP contribution < -0.4 is 5.32 Å². The first kappa shape index (κ1) is 11.2. The number of nitrogens with one attached hydrogen (secondary N) is 1. The molecule has 0 fully saturated rings. The van der Waals surface area contributed by atoms with Crippen LogP contribution in [0.5, 0.6) is 0 Å². The Hall–Kier alpha value is -1.26. The molecule has 4 heteroatoms. The van der Waals surface area contributed by atoms with Crippen LogP contribution in [0, 0.1) is 6.92 Å². The fourth-order valence-electron chi connectivity index (χ4n) is 1.47. The second-order valence-electron chi connectivity index (χ2n) is 3.75. The van der Waals surface area contributed by atoms with Gasteiger partial charge in [0.1, 0.15) is 6.33 Å². The molecule has 1 unspecified atom stereocenters. The van der Waals surface area contributed by atoms with Crippen molar-refractivity contribution in [3.05, 3.63) is 46.2 Å². The third-order valence-corrected chi connectivity index (χ3v) is 3.60. The predicted octanol–water partition coefficient (Wildman–Crippen LogP) is 2.70. The van der Waals surface area contributed by atoms with Gasteiger partial charge in [0.25, 0.3) is 0 Å².